The molecule has 0 unspecified atom stereocenters. The molecule has 1 heterocycles. The highest BCUT2D eigenvalue weighted by Crippen LogP contribution is 2.20. The summed E-state index contributed by atoms with van der Waals surface area (Å²) in [5.41, 5.74) is 5.34. The first-order valence-electron chi connectivity index (χ1n) is 6.03. The predicted molar refractivity (Wildman–Crippen MR) is 80.9 cm³/mol. The van der Waals surface area contributed by atoms with Crippen molar-refractivity contribution in [3.63, 3.8) is 0 Å². The van der Waals surface area contributed by atoms with Crippen LogP contribution in [0.2, 0.25) is 5.02 Å². The Kier molecular flexibility index (Phi) is 4.22. The number of pyridine rings is 1. The van der Waals surface area contributed by atoms with Crippen LogP contribution in [0.25, 0.3) is 0 Å². The summed E-state index contributed by atoms with van der Waals surface area (Å²) in [4.78, 5) is 16.3. The molecule has 1 aromatic carbocycles. The van der Waals surface area contributed by atoms with E-state index >= 15 is 0 Å². The SMILES string of the molecule is Cc1ccc(NC(=O)c2nc(NN)ccc2Cl)c(C)c1. The monoisotopic (exact) mass is 290 g/mol. The van der Waals surface area contributed by atoms with Gasteiger partial charge in [-0.3, -0.25) is 4.79 Å². The zero-order valence-corrected chi connectivity index (χ0v) is 12.0. The van der Waals surface area contributed by atoms with Gasteiger partial charge in [0.05, 0.1) is 5.02 Å². The third kappa shape index (κ3) is 3.07. The molecular formula is C14H15ClN4O. The number of hydrogen-bond acceptors (Lipinski definition) is 4. The van der Waals surface area contributed by atoms with Gasteiger partial charge < -0.3 is 10.7 Å². The van der Waals surface area contributed by atoms with E-state index in [0.717, 1.165) is 16.8 Å². The summed E-state index contributed by atoms with van der Waals surface area (Å²) in [5.74, 6) is 5.27. The second kappa shape index (κ2) is 5.90. The summed E-state index contributed by atoms with van der Waals surface area (Å²) in [7, 11) is 0. The first kappa shape index (κ1) is 14.3. The van der Waals surface area contributed by atoms with Crippen LogP contribution in [0.5, 0.6) is 0 Å². The molecule has 0 fully saturated rings. The number of nitrogens with two attached hydrogens (primary N) is 1. The van der Waals surface area contributed by atoms with E-state index < -0.39 is 0 Å². The number of aromatic nitrogens is 1. The van der Waals surface area contributed by atoms with Gasteiger partial charge in [0.25, 0.3) is 5.91 Å². The molecule has 0 atom stereocenters. The lowest BCUT2D eigenvalue weighted by molar-refractivity contribution is 0.102. The topological polar surface area (TPSA) is 80.0 Å². The third-order valence-electron chi connectivity index (χ3n) is 2.84. The van der Waals surface area contributed by atoms with Crippen molar-refractivity contribution in [1.82, 2.24) is 4.98 Å². The molecule has 2 rings (SSSR count). The van der Waals surface area contributed by atoms with Gasteiger partial charge in [0, 0.05) is 5.69 Å². The number of rotatable bonds is 3. The fraction of sp³-hybridized carbons (Fsp3) is 0.143. The molecule has 104 valence electrons. The highest BCUT2D eigenvalue weighted by molar-refractivity contribution is 6.34. The van der Waals surface area contributed by atoms with Crippen LogP contribution in [0.1, 0.15) is 21.6 Å². The van der Waals surface area contributed by atoms with Gasteiger partial charge in [0.1, 0.15) is 11.5 Å². The fourth-order valence-corrected chi connectivity index (χ4v) is 2.01. The van der Waals surface area contributed by atoms with Gasteiger partial charge in [-0.2, -0.15) is 0 Å². The van der Waals surface area contributed by atoms with Crippen LogP contribution in [-0.4, -0.2) is 10.9 Å². The fourth-order valence-electron chi connectivity index (χ4n) is 1.82. The van der Waals surface area contributed by atoms with Crippen molar-refractivity contribution in [3.05, 3.63) is 52.2 Å². The van der Waals surface area contributed by atoms with E-state index in [2.05, 4.69) is 15.7 Å². The number of anilines is 2. The second-order valence-electron chi connectivity index (χ2n) is 4.44. The predicted octanol–water partition coefficient (Wildman–Crippen LogP) is 2.89. The molecule has 0 aliphatic carbocycles. The number of amides is 1. The molecule has 5 nitrogen and oxygen atoms in total. The van der Waals surface area contributed by atoms with Crippen LogP contribution in [0.4, 0.5) is 11.5 Å². The van der Waals surface area contributed by atoms with Gasteiger partial charge in [-0.05, 0) is 37.6 Å². The molecule has 1 amide bonds. The summed E-state index contributed by atoms with van der Waals surface area (Å²) in [6.45, 7) is 3.92. The minimum Gasteiger partial charge on any atom is -0.320 e. The Morgan fingerprint density at radius 3 is 2.65 bits per heavy atom. The smallest absolute Gasteiger partial charge is 0.275 e. The van der Waals surface area contributed by atoms with Gasteiger partial charge in [0.15, 0.2) is 0 Å². The number of carbonyl (C=O) groups excluding carboxylic acids is 1. The van der Waals surface area contributed by atoms with Gasteiger partial charge >= 0.3 is 0 Å². The number of nitrogens with one attached hydrogen (secondary N) is 2. The van der Waals surface area contributed by atoms with E-state index in [1.54, 1.807) is 12.1 Å². The highest BCUT2D eigenvalue weighted by atomic mass is 35.5. The Hall–Kier alpha value is -2.11. The van der Waals surface area contributed by atoms with Crippen LogP contribution in [0, 0.1) is 13.8 Å². The molecule has 0 radical (unpaired) electrons. The van der Waals surface area contributed by atoms with E-state index in [1.807, 2.05) is 32.0 Å². The lowest BCUT2D eigenvalue weighted by Crippen LogP contribution is -2.17. The quantitative estimate of drug-likeness (QED) is 0.600. The number of aryl methyl sites for hydroxylation is 2. The number of halogens is 1. The van der Waals surface area contributed by atoms with Crippen LogP contribution in [0.3, 0.4) is 0 Å². The first-order valence-corrected chi connectivity index (χ1v) is 6.41. The zero-order chi connectivity index (χ0) is 14.7. The average Bonchev–Trinajstić information content (AvgIpc) is 2.42. The third-order valence-corrected chi connectivity index (χ3v) is 3.14. The van der Waals surface area contributed by atoms with E-state index in [1.165, 1.54) is 0 Å². The van der Waals surface area contributed by atoms with Gasteiger partial charge in [-0.15, -0.1) is 0 Å². The highest BCUT2D eigenvalue weighted by Gasteiger charge is 2.14. The summed E-state index contributed by atoms with van der Waals surface area (Å²) in [6, 6.07) is 8.93. The Morgan fingerprint density at radius 2 is 2.00 bits per heavy atom. The van der Waals surface area contributed by atoms with Gasteiger partial charge in [-0.25, -0.2) is 10.8 Å². The van der Waals surface area contributed by atoms with E-state index in [-0.39, 0.29) is 16.6 Å². The van der Waals surface area contributed by atoms with Crippen LogP contribution in [0.15, 0.2) is 30.3 Å². The molecule has 4 N–H and O–H groups in total. The standard InChI is InChI=1S/C14H15ClN4O/c1-8-3-5-11(9(2)7-8)17-14(20)13-10(15)4-6-12(18-13)19-16/h3-7H,16H2,1-2H3,(H,17,20)(H,18,19). The number of benzene rings is 1. The first-order chi connectivity index (χ1) is 9.51. The normalized spacial score (nSPS) is 10.2. The second-order valence-corrected chi connectivity index (χ2v) is 4.85. The number of nitrogens with zero attached hydrogens (tertiary/aromatic N) is 1. The average molecular weight is 291 g/mol. The molecule has 0 aliphatic rings. The lowest BCUT2D eigenvalue weighted by atomic mass is 10.1. The van der Waals surface area contributed by atoms with Crippen molar-refractivity contribution < 1.29 is 4.79 Å². The Morgan fingerprint density at radius 1 is 1.25 bits per heavy atom. The van der Waals surface area contributed by atoms with Crippen molar-refractivity contribution in [1.29, 1.82) is 0 Å². The minimum atomic E-state index is -0.376. The molecule has 0 saturated carbocycles. The molecule has 6 heteroatoms. The van der Waals surface area contributed by atoms with E-state index in [0.29, 0.717) is 5.82 Å². The van der Waals surface area contributed by atoms with Crippen LogP contribution >= 0.6 is 11.6 Å². The number of carbonyl (C=O) groups is 1. The molecule has 2 aromatic rings. The molecule has 0 bridgehead atoms. The van der Waals surface area contributed by atoms with E-state index in [9.17, 15) is 4.79 Å². The Balaban J connectivity index is 2.28. The minimum absolute atomic E-state index is 0.127. The van der Waals surface area contributed by atoms with Crippen molar-refractivity contribution in [2.45, 2.75) is 13.8 Å². The molecule has 0 aliphatic heterocycles. The maximum absolute atomic E-state index is 12.2. The van der Waals surface area contributed by atoms with Crippen molar-refractivity contribution in [2.24, 2.45) is 5.84 Å². The largest absolute Gasteiger partial charge is 0.320 e. The molecular weight excluding hydrogens is 276 g/mol. The van der Waals surface area contributed by atoms with Crippen molar-refractivity contribution in [3.8, 4) is 0 Å². The van der Waals surface area contributed by atoms with E-state index in [4.69, 9.17) is 17.4 Å². The summed E-state index contributed by atoms with van der Waals surface area (Å²) in [6.07, 6.45) is 0. The summed E-state index contributed by atoms with van der Waals surface area (Å²) in [5, 5.41) is 3.06. The van der Waals surface area contributed by atoms with Gasteiger partial charge in [0.2, 0.25) is 0 Å². The lowest BCUT2D eigenvalue weighted by Gasteiger charge is -2.10. The van der Waals surface area contributed by atoms with Crippen LogP contribution < -0.4 is 16.6 Å². The number of nitrogen functional groups attached to an aromatic ring is 1. The van der Waals surface area contributed by atoms with Crippen molar-refractivity contribution in [2.75, 3.05) is 10.7 Å². The maximum atomic E-state index is 12.2. The maximum Gasteiger partial charge on any atom is 0.275 e. The molecule has 0 spiro atoms. The molecule has 20 heavy (non-hydrogen) atoms. The Labute approximate surface area is 122 Å². The zero-order valence-electron chi connectivity index (χ0n) is 11.2. The summed E-state index contributed by atoms with van der Waals surface area (Å²) >= 11 is 5.99. The molecule has 1 aromatic heterocycles. The van der Waals surface area contributed by atoms with Gasteiger partial charge in [-0.1, -0.05) is 29.3 Å². The number of hydrazine groups is 1. The number of hydrogen-bond donors (Lipinski definition) is 3. The Bertz CT molecular complexity index is 658. The summed E-state index contributed by atoms with van der Waals surface area (Å²) < 4.78 is 0. The van der Waals surface area contributed by atoms with Crippen LogP contribution in [-0.2, 0) is 0 Å². The molecule has 0 saturated heterocycles. The van der Waals surface area contributed by atoms with Crippen molar-refractivity contribution >= 4 is 29.0 Å².